The first-order valence-corrected chi connectivity index (χ1v) is 4.90. The van der Waals surface area contributed by atoms with Crippen LogP contribution in [0.25, 0.3) is 0 Å². The molecule has 0 saturated heterocycles. The molecule has 0 saturated carbocycles. The number of hydrogen-bond donors (Lipinski definition) is 2. The standard InChI is InChI=1S/C8H12N2O3S/c1-5-6(7(11)12)10-8(14-5)9-3-4-13-2/h3-4H2,1-2H3,(H,9,10)(H,11,12). The number of rotatable bonds is 5. The highest BCUT2D eigenvalue weighted by atomic mass is 32.1. The Balaban J connectivity index is 2.62. The van der Waals surface area contributed by atoms with Crippen LogP contribution in [0.1, 0.15) is 15.4 Å². The highest BCUT2D eigenvalue weighted by molar-refractivity contribution is 7.15. The van der Waals surface area contributed by atoms with Gasteiger partial charge in [-0.2, -0.15) is 0 Å². The molecule has 0 unspecified atom stereocenters. The van der Waals surface area contributed by atoms with Crippen LogP contribution >= 0.6 is 11.3 Å². The SMILES string of the molecule is COCCNc1nc(C(=O)O)c(C)s1. The van der Waals surface area contributed by atoms with Crippen molar-refractivity contribution in [2.24, 2.45) is 0 Å². The van der Waals surface area contributed by atoms with Gasteiger partial charge in [0.1, 0.15) is 0 Å². The van der Waals surface area contributed by atoms with E-state index >= 15 is 0 Å². The summed E-state index contributed by atoms with van der Waals surface area (Å²) < 4.78 is 4.85. The number of carbonyl (C=O) groups is 1. The predicted octanol–water partition coefficient (Wildman–Crippen LogP) is 1.21. The van der Waals surface area contributed by atoms with Gasteiger partial charge in [-0.25, -0.2) is 9.78 Å². The van der Waals surface area contributed by atoms with Gasteiger partial charge >= 0.3 is 5.97 Å². The summed E-state index contributed by atoms with van der Waals surface area (Å²) in [5, 5.41) is 12.3. The average molecular weight is 216 g/mol. The Hall–Kier alpha value is -1.14. The number of nitrogens with one attached hydrogen (secondary N) is 1. The molecule has 2 N–H and O–H groups in total. The third kappa shape index (κ3) is 2.68. The Kier molecular flexibility index (Phi) is 3.84. The van der Waals surface area contributed by atoms with Gasteiger partial charge in [-0.05, 0) is 6.92 Å². The molecular formula is C8H12N2O3S. The summed E-state index contributed by atoms with van der Waals surface area (Å²) in [7, 11) is 1.61. The molecule has 78 valence electrons. The van der Waals surface area contributed by atoms with Crippen molar-refractivity contribution in [2.45, 2.75) is 6.92 Å². The van der Waals surface area contributed by atoms with Crippen molar-refractivity contribution < 1.29 is 14.6 Å². The van der Waals surface area contributed by atoms with Crippen LogP contribution in [-0.2, 0) is 4.74 Å². The van der Waals surface area contributed by atoms with Crippen molar-refractivity contribution in [3.05, 3.63) is 10.6 Å². The molecule has 1 aromatic rings. The van der Waals surface area contributed by atoms with Crippen LogP contribution < -0.4 is 5.32 Å². The second kappa shape index (κ2) is 4.92. The van der Waals surface area contributed by atoms with E-state index in [9.17, 15) is 4.79 Å². The Morgan fingerprint density at radius 1 is 1.71 bits per heavy atom. The van der Waals surface area contributed by atoms with Gasteiger partial charge < -0.3 is 15.2 Å². The molecular weight excluding hydrogens is 204 g/mol. The van der Waals surface area contributed by atoms with Gasteiger partial charge in [-0.15, -0.1) is 11.3 Å². The zero-order valence-electron chi connectivity index (χ0n) is 8.03. The lowest BCUT2D eigenvalue weighted by Crippen LogP contribution is -2.07. The smallest absolute Gasteiger partial charge is 0.355 e. The lowest BCUT2D eigenvalue weighted by molar-refractivity contribution is 0.0690. The lowest BCUT2D eigenvalue weighted by atomic mass is 10.4. The summed E-state index contributed by atoms with van der Waals surface area (Å²) in [6, 6.07) is 0. The van der Waals surface area contributed by atoms with E-state index in [2.05, 4.69) is 10.3 Å². The van der Waals surface area contributed by atoms with Crippen molar-refractivity contribution >= 4 is 22.4 Å². The van der Waals surface area contributed by atoms with E-state index in [0.29, 0.717) is 23.2 Å². The summed E-state index contributed by atoms with van der Waals surface area (Å²) in [5.74, 6) is -0.987. The third-order valence-electron chi connectivity index (χ3n) is 1.58. The zero-order chi connectivity index (χ0) is 10.6. The molecule has 0 bridgehead atoms. The fourth-order valence-corrected chi connectivity index (χ4v) is 1.76. The fraction of sp³-hybridized carbons (Fsp3) is 0.500. The maximum absolute atomic E-state index is 10.7. The van der Waals surface area contributed by atoms with Crippen LogP contribution in [0.3, 0.4) is 0 Å². The summed E-state index contributed by atoms with van der Waals surface area (Å²) in [6.45, 7) is 2.94. The molecule has 1 aromatic heterocycles. The van der Waals surface area contributed by atoms with Gasteiger partial charge in [0.05, 0.1) is 6.61 Å². The molecule has 0 atom stereocenters. The average Bonchev–Trinajstić information content (AvgIpc) is 2.47. The molecule has 0 aromatic carbocycles. The van der Waals surface area contributed by atoms with E-state index in [-0.39, 0.29) is 5.69 Å². The van der Waals surface area contributed by atoms with E-state index in [1.54, 1.807) is 14.0 Å². The van der Waals surface area contributed by atoms with Crippen LogP contribution in [0.15, 0.2) is 0 Å². The van der Waals surface area contributed by atoms with Crippen LogP contribution in [0.5, 0.6) is 0 Å². The first-order chi connectivity index (χ1) is 6.65. The molecule has 0 fully saturated rings. The topological polar surface area (TPSA) is 71.5 Å². The van der Waals surface area contributed by atoms with Gasteiger partial charge in [0, 0.05) is 18.5 Å². The Morgan fingerprint density at radius 3 is 2.93 bits per heavy atom. The number of anilines is 1. The number of ether oxygens (including phenoxy) is 1. The molecule has 1 rings (SSSR count). The minimum Gasteiger partial charge on any atom is -0.476 e. The molecule has 0 amide bonds. The van der Waals surface area contributed by atoms with E-state index < -0.39 is 5.97 Å². The van der Waals surface area contributed by atoms with Gasteiger partial charge in [-0.3, -0.25) is 0 Å². The Labute approximate surface area is 85.7 Å². The normalized spacial score (nSPS) is 10.1. The number of carboxylic acid groups (broad SMARTS) is 1. The number of aromatic carboxylic acids is 1. The number of thiazole rings is 1. The molecule has 1 heterocycles. The van der Waals surface area contributed by atoms with Crippen molar-refractivity contribution in [1.29, 1.82) is 0 Å². The lowest BCUT2D eigenvalue weighted by Gasteiger charge is -1.99. The third-order valence-corrected chi connectivity index (χ3v) is 2.51. The number of carboxylic acids is 1. The van der Waals surface area contributed by atoms with E-state index in [0.717, 1.165) is 0 Å². The molecule has 5 nitrogen and oxygen atoms in total. The number of aromatic nitrogens is 1. The van der Waals surface area contributed by atoms with Crippen LogP contribution in [0.2, 0.25) is 0 Å². The van der Waals surface area contributed by atoms with Crippen LogP contribution in [0.4, 0.5) is 5.13 Å². The molecule has 6 heteroatoms. The molecule has 14 heavy (non-hydrogen) atoms. The van der Waals surface area contributed by atoms with Crippen LogP contribution in [0, 0.1) is 6.92 Å². The van der Waals surface area contributed by atoms with E-state index in [1.807, 2.05) is 0 Å². The monoisotopic (exact) mass is 216 g/mol. The van der Waals surface area contributed by atoms with Gasteiger partial charge in [0.15, 0.2) is 10.8 Å². The maximum Gasteiger partial charge on any atom is 0.355 e. The number of nitrogens with zero attached hydrogens (tertiary/aromatic N) is 1. The molecule has 0 spiro atoms. The summed E-state index contributed by atoms with van der Waals surface area (Å²) in [5.41, 5.74) is 0.120. The van der Waals surface area contributed by atoms with Crippen molar-refractivity contribution in [1.82, 2.24) is 4.98 Å². The van der Waals surface area contributed by atoms with Gasteiger partial charge in [-0.1, -0.05) is 0 Å². The van der Waals surface area contributed by atoms with Crippen molar-refractivity contribution in [3.63, 3.8) is 0 Å². The second-order valence-corrected chi connectivity index (χ2v) is 3.85. The van der Waals surface area contributed by atoms with Crippen molar-refractivity contribution in [3.8, 4) is 0 Å². The Morgan fingerprint density at radius 2 is 2.43 bits per heavy atom. The van der Waals surface area contributed by atoms with Crippen LogP contribution in [-0.4, -0.2) is 36.3 Å². The molecule has 0 radical (unpaired) electrons. The minimum absolute atomic E-state index is 0.120. The quantitative estimate of drug-likeness (QED) is 0.724. The predicted molar refractivity (Wildman–Crippen MR) is 54.2 cm³/mol. The zero-order valence-corrected chi connectivity index (χ0v) is 8.85. The molecule has 0 aliphatic rings. The number of methoxy groups -OCH3 is 1. The number of hydrogen-bond acceptors (Lipinski definition) is 5. The highest BCUT2D eigenvalue weighted by Crippen LogP contribution is 2.21. The molecule has 0 aliphatic carbocycles. The van der Waals surface area contributed by atoms with Crippen molar-refractivity contribution in [2.75, 3.05) is 25.6 Å². The maximum atomic E-state index is 10.7. The Bertz CT molecular complexity index is 324. The minimum atomic E-state index is -0.987. The fourth-order valence-electron chi connectivity index (χ4n) is 0.930. The highest BCUT2D eigenvalue weighted by Gasteiger charge is 2.13. The van der Waals surface area contributed by atoms with E-state index in [1.165, 1.54) is 11.3 Å². The van der Waals surface area contributed by atoms with E-state index in [4.69, 9.17) is 9.84 Å². The first kappa shape index (κ1) is 10.9. The van der Waals surface area contributed by atoms with Gasteiger partial charge in [0.2, 0.25) is 0 Å². The first-order valence-electron chi connectivity index (χ1n) is 4.08. The largest absolute Gasteiger partial charge is 0.476 e. The van der Waals surface area contributed by atoms with Gasteiger partial charge in [0.25, 0.3) is 0 Å². The number of aryl methyl sites for hydroxylation is 1. The second-order valence-electron chi connectivity index (χ2n) is 2.65. The molecule has 0 aliphatic heterocycles. The summed E-state index contributed by atoms with van der Waals surface area (Å²) in [6.07, 6.45) is 0. The summed E-state index contributed by atoms with van der Waals surface area (Å²) >= 11 is 1.33. The summed E-state index contributed by atoms with van der Waals surface area (Å²) in [4.78, 5) is 15.3.